The van der Waals surface area contributed by atoms with Gasteiger partial charge in [0.25, 0.3) is 0 Å². The van der Waals surface area contributed by atoms with Gasteiger partial charge in [-0.05, 0) is 19.3 Å². The highest BCUT2D eigenvalue weighted by molar-refractivity contribution is 5.78. The molecule has 80 valence electrons. The van der Waals surface area contributed by atoms with E-state index in [2.05, 4.69) is 0 Å². The van der Waals surface area contributed by atoms with E-state index in [1.54, 1.807) is 0 Å². The second-order valence-electron chi connectivity index (χ2n) is 4.56. The van der Waals surface area contributed by atoms with E-state index in [0.717, 1.165) is 38.8 Å². The molecule has 2 rings (SSSR count). The molecule has 1 saturated carbocycles. The first-order valence-electron chi connectivity index (χ1n) is 5.73. The number of hydrogen-bond acceptors (Lipinski definition) is 2. The maximum Gasteiger partial charge on any atom is 0.222 e. The zero-order chi connectivity index (χ0) is 9.97. The van der Waals surface area contributed by atoms with Gasteiger partial charge >= 0.3 is 0 Å². The molecule has 0 radical (unpaired) electrons. The Morgan fingerprint density at radius 2 is 2.07 bits per heavy atom. The molecule has 2 fully saturated rings. The number of carbonyl (C=O) groups is 1. The maximum absolute atomic E-state index is 11.4. The molecule has 0 unspecified atom stereocenters. The highest BCUT2D eigenvalue weighted by atomic mass is 16.3. The summed E-state index contributed by atoms with van der Waals surface area (Å²) < 4.78 is 0. The van der Waals surface area contributed by atoms with E-state index in [1.165, 1.54) is 6.42 Å². The molecule has 1 N–H and O–H groups in total. The number of likely N-dealkylation sites (tertiary alicyclic amines) is 1. The number of aliphatic hydroxyl groups is 1. The van der Waals surface area contributed by atoms with Crippen LogP contribution < -0.4 is 0 Å². The van der Waals surface area contributed by atoms with Crippen molar-refractivity contribution >= 4 is 5.91 Å². The summed E-state index contributed by atoms with van der Waals surface area (Å²) in [6.07, 6.45) is 5.91. The van der Waals surface area contributed by atoms with Crippen molar-refractivity contribution in [3.05, 3.63) is 0 Å². The number of hydrogen-bond donors (Lipinski definition) is 1. The summed E-state index contributed by atoms with van der Waals surface area (Å²) in [6, 6.07) is 0. The van der Waals surface area contributed by atoms with E-state index in [4.69, 9.17) is 0 Å². The molecule has 0 bridgehead atoms. The summed E-state index contributed by atoms with van der Waals surface area (Å²) in [6.45, 7) is 1.70. The average Bonchev–Trinajstić information content (AvgIpc) is 2.56. The Morgan fingerprint density at radius 1 is 1.29 bits per heavy atom. The van der Waals surface area contributed by atoms with Crippen LogP contribution in [0.2, 0.25) is 0 Å². The Kier molecular flexibility index (Phi) is 3.06. The lowest BCUT2D eigenvalue weighted by atomic mass is 9.86. The van der Waals surface area contributed by atoms with Gasteiger partial charge in [0.05, 0.1) is 6.10 Å². The Bertz CT molecular complexity index is 217. The third-order valence-electron chi connectivity index (χ3n) is 3.50. The number of aliphatic hydroxyl groups excluding tert-OH is 1. The van der Waals surface area contributed by atoms with E-state index in [-0.39, 0.29) is 12.0 Å². The molecule has 1 heterocycles. The SMILES string of the molecule is O=C1CCCN1C[C@@H]1CCCC[C@@H]1O. The van der Waals surface area contributed by atoms with E-state index in [9.17, 15) is 9.90 Å². The molecular weight excluding hydrogens is 178 g/mol. The lowest BCUT2D eigenvalue weighted by Gasteiger charge is -2.31. The van der Waals surface area contributed by atoms with Crippen LogP contribution in [0.3, 0.4) is 0 Å². The average molecular weight is 197 g/mol. The van der Waals surface area contributed by atoms with Crippen molar-refractivity contribution in [3.63, 3.8) is 0 Å². The lowest BCUT2D eigenvalue weighted by molar-refractivity contribution is -0.128. The summed E-state index contributed by atoms with van der Waals surface area (Å²) in [4.78, 5) is 13.3. The van der Waals surface area contributed by atoms with Crippen LogP contribution >= 0.6 is 0 Å². The lowest BCUT2D eigenvalue weighted by Crippen LogP contribution is -2.37. The minimum atomic E-state index is -0.169. The Morgan fingerprint density at radius 3 is 2.71 bits per heavy atom. The summed E-state index contributed by atoms with van der Waals surface area (Å²) in [5, 5.41) is 9.78. The topological polar surface area (TPSA) is 40.5 Å². The molecule has 14 heavy (non-hydrogen) atoms. The zero-order valence-electron chi connectivity index (χ0n) is 8.61. The van der Waals surface area contributed by atoms with Gasteiger partial charge < -0.3 is 10.0 Å². The fourth-order valence-electron chi connectivity index (χ4n) is 2.58. The van der Waals surface area contributed by atoms with Crippen LogP contribution in [0.15, 0.2) is 0 Å². The Labute approximate surface area is 85.1 Å². The molecule has 3 nitrogen and oxygen atoms in total. The molecule has 1 aliphatic heterocycles. The van der Waals surface area contributed by atoms with Crippen molar-refractivity contribution in [1.29, 1.82) is 0 Å². The van der Waals surface area contributed by atoms with Crippen LogP contribution in [0.4, 0.5) is 0 Å². The third kappa shape index (κ3) is 2.08. The highest BCUT2D eigenvalue weighted by Gasteiger charge is 2.28. The number of amides is 1. The molecule has 1 saturated heterocycles. The second-order valence-corrected chi connectivity index (χ2v) is 4.56. The summed E-state index contributed by atoms with van der Waals surface area (Å²) in [5.41, 5.74) is 0. The molecule has 0 aromatic carbocycles. The van der Waals surface area contributed by atoms with Crippen LogP contribution in [0.1, 0.15) is 38.5 Å². The Hall–Kier alpha value is -0.570. The van der Waals surface area contributed by atoms with Crippen LogP contribution in [0.5, 0.6) is 0 Å². The normalized spacial score (nSPS) is 33.8. The van der Waals surface area contributed by atoms with Crippen molar-refractivity contribution in [3.8, 4) is 0 Å². The fourth-order valence-corrected chi connectivity index (χ4v) is 2.58. The minimum absolute atomic E-state index is 0.169. The van der Waals surface area contributed by atoms with Crippen LogP contribution in [-0.4, -0.2) is 35.1 Å². The molecule has 2 aliphatic rings. The number of nitrogens with zero attached hydrogens (tertiary/aromatic N) is 1. The first-order chi connectivity index (χ1) is 6.77. The summed E-state index contributed by atoms with van der Waals surface area (Å²) in [7, 11) is 0. The molecular formula is C11H19NO2. The van der Waals surface area contributed by atoms with Gasteiger partial charge in [-0.2, -0.15) is 0 Å². The standard InChI is InChI=1S/C11H19NO2/c13-10-5-2-1-4-9(10)8-12-7-3-6-11(12)14/h9-10,13H,1-8H2/t9-,10-/m0/s1. The Balaban J connectivity index is 1.86. The molecule has 0 aromatic rings. The zero-order valence-corrected chi connectivity index (χ0v) is 8.61. The highest BCUT2D eigenvalue weighted by Crippen LogP contribution is 2.26. The van der Waals surface area contributed by atoms with Gasteiger partial charge in [-0.1, -0.05) is 12.8 Å². The van der Waals surface area contributed by atoms with Crippen LogP contribution in [0, 0.1) is 5.92 Å². The van der Waals surface area contributed by atoms with Crippen LogP contribution in [0.25, 0.3) is 0 Å². The van der Waals surface area contributed by atoms with E-state index in [0.29, 0.717) is 12.3 Å². The largest absolute Gasteiger partial charge is 0.393 e. The first-order valence-corrected chi connectivity index (χ1v) is 5.73. The maximum atomic E-state index is 11.4. The third-order valence-corrected chi connectivity index (χ3v) is 3.50. The van der Waals surface area contributed by atoms with Gasteiger partial charge in [0.1, 0.15) is 0 Å². The van der Waals surface area contributed by atoms with Gasteiger partial charge in [-0.15, -0.1) is 0 Å². The number of carbonyl (C=O) groups excluding carboxylic acids is 1. The summed E-state index contributed by atoms with van der Waals surface area (Å²) >= 11 is 0. The van der Waals surface area contributed by atoms with Crippen molar-refractivity contribution in [2.24, 2.45) is 5.92 Å². The quantitative estimate of drug-likeness (QED) is 0.721. The molecule has 3 heteroatoms. The van der Waals surface area contributed by atoms with Crippen molar-refractivity contribution in [2.75, 3.05) is 13.1 Å². The molecule has 1 amide bonds. The fraction of sp³-hybridized carbons (Fsp3) is 0.909. The van der Waals surface area contributed by atoms with Crippen molar-refractivity contribution in [2.45, 2.75) is 44.6 Å². The van der Waals surface area contributed by atoms with Gasteiger partial charge in [-0.25, -0.2) is 0 Å². The predicted molar refractivity (Wildman–Crippen MR) is 53.8 cm³/mol. The van der Waals surface area contributed by atoms with E-state index in [1.807, 2.05) is 4.90 Å². The van der Waals surface area contributed by atoms with E-state index >= 15 is 0 Å². The molecule has 1 aliphatic carbocycles. The van der Waals surface area contributed by atoms with Gasteiger partial charge in [0.2, 0.25) is 5.91 Å². The predicted octanol–water partition coefficient (Wildman–Crippen LogP) is 1.16. The molecule has 0 aromatic heterocycles. The second kappa shape index (κ2) is 4.30. The van der Waals surface area contributed by atoms with Gasteiger partial charge in [0.15, 0.2) is 0 Å². The van der Waals surface area contributed by atoms with Gasteiger partial charge in [-0.3, -0.25) is 4.79 Å². The molecule has 2 atom stereocenters. The molecule has 0 spiro atoms. The van der Waals surface area contributed by atoms with Gasteiger partial charge in [0, 0.05) is 25.4 Å². The van der Waals surface area contributed by atoms with Crippen molar-refractivity contribution in [1.82, 2.24) is 4.90 Å². The monoisotopic (exact) mass is 197 g/mol. The van der Waals surface area contributed by atoms with E-state index < -0.39 is 0 Å². The minimum Gasteiger partial charge on any atom is -0.393 e. The van der Waals surface area contributed by atoms with Crippen molar-refractivity contribution < 1.29 is 9.90 Å². The summed E-state index contributed by atoms with van der Waals surface area (Å²) in [5.74, 6) is 0.619. The smallest absolute Gasteiger partial charge is 0.222 e. The van der Waals surface area contributed by atoms with Crippen LogP contribution in [-0.2, 0) is 4.79 Å². The number of rotatable bonds is 2. The first kappa shape index (κ1) is 9.97.